The van der Waals surface area contributed by atoms with Crippen molar-refractivity contribution < 1.29 is 63.4 Å². The normalized spacial score (nSPS) is 30.4. The Kier molecular flexibility index (Phi) is 7.16. The number of aliphatic hydroxyl groups excluding tert-OH is 1. The van der Waals surface area contributed by atoms with Gasteiger partial charge >= 0.3 is 29.2 Å². The molecule has 0 radical (unpaired) electrons. The Bertz CT molecular complexity index is 1260. The van der Waals surface area contributed by atoms with E-state index in [9.17, 15) is 37.8 Å². The fourth-order valence-electron chi connectivity index (χ4n) is 2.50. The van der Waals surface area contributed by atoms with Gasteiger partial charge in [0, 0.05) is 0 Å². The van der Waals surface area contributed by atoms with E-state index in [0.717, 1.165) is 0 Å². The van der Waals surface area contributed by atoms with Gasteiger partial charge in [0.05, 0.1) is 15.5 Å². The molecule has 17 nitrogen and oxygen atoms in total. The van der Waals surface area contributed by atoms with E-state index in [1.165, 1.54) is 6.92 Å². The van der Waals surface area contributed by atoms with Gasteiger partial charge in [0.25, 0.3) is 0 Å². The summed E-state index contributed by atoms with van der Waals surface area (Å²) in [5, 5.41) is 10.6. The minimum atomic E-state index is -6.06. The molecule has 186 valence electrons. The minimum absolute atomic E-state index is 0.361. The highest BCUT2D eigenvalue weighted by molar-refractivity contribution is 7.66. The number of ether oxygens (including phenoxy) is 1. The van der Waals surface area contributed by atoms with E-state index in [1.807, 2.05) is 0 Å². The maximum atomic E-state index is 13.9. The average molecular weight is 540 g/mol. The molecule has 21 heteroatoms. The number of halogens is 1. The second-order valence-electron chi connectivity index (χ2n) is 6.13. The number of aliphatic hydroxyl groups is 1. The smallest absolute Gasteiger partial charge is 0.387 e. The van der Waals surface area contributed by atoms with Crippen molar-refractivity contribution in [2.45, 2.75) is 30.9 Å². The molecule has 1 aromatic heterocycles. The highest BCUT2D eigenvalue weighted by atomic mass is 31.3. The molecule has 9 N–H and O–H groups in total. The molecule has 1 saturated heterocycles. The van der Waals surface area contributed by atoms with Gasteiger partial charge in [-0.3, -0.25) is 9.09 Å². The van der Waals surface area contributed by atoms with Crippen LogP contribution in [0.25, 0.3) is 0 Å². The molecule has 1 aliphatic heterocycles. The number of hydrogen-bond acceptors (Lipinski definition) is 12. The van der Waals surface area contributed by atoms with Crippen LogP contribution in [-0.4, -0.2) is 58.5 Å². The molecule has 0 saturated carbocycles. The molecular formula is C12H18FN4O13P3. The summed E-state index contributed by atoms with van der Waals surface area (Å²) in [6.07, 6.45) is -6.25. The first-order valence-electron chi connectivity index (χ1n) is 9.09. The lowest BCUT2D eigenvalue weighted by Crippen LogP contribution is -2.55. The van der Waals surface area contributed by atoms with Crippen LogP contribution in [0.4, 0.5) is 10.2 Å². The molecular weight excluding hydrogens is 520 g/mol. The van der Waals surface area contributed by atoms with Gasteiger partial charge in [-0.05, 0) is 6.92 Å². The molecule has 2 heterocycles. The van der Waals surface area contributed by atoms with Gasteiger partial charge in [-0.15, -0.1) is 5.92 Å². The van der Waals surface area contributed by atoms with Crippen LogP contribution < -0.4 is 17.2 Å². The zero-order valence-corrected chi connectivity index (χ0v) is 18.8. The molecule has 0 amide bonds. The molecule has 0 aromatic carbocycles. The van der Waals surface area contributed by atoms with Crippen molar-refractivity contribution in [2.24, 2.45) is 5.73 Å². The van der Waals surface area contributed by atoms with E-state index in [-0.39, 0.29) is 0 Å². The number of phosphoric acid groups is 3. The van der Waals surface area contributed by atoms with Crippen molar-refractivity contribution in [3.63, 3.8) is 0 Å². The number of anilines is 1. The number of hydrogen-bond donors (Lipinski definition) is 7. The van der Waals surface area contributed by atoms with Crippen molar-refractivity contribution in [1.29, 1.82) is 0 Å². The van der Waals surface area contributed by atoms with E-state index in [1.54, 1.807) is 0 Å². The van der Waals surface area contributed by atoms with Gasteiger partial charge in [-0.1, -0.05) is 5.92 Å². The molecule has 0 spiro atoms. The van der Waals surface area contributed by atoms with Gasteiger partial charge < -0.3 is 40.9 Å². The Morgan fingerprint density at radius 3 is 2.48 bits per heavy atom. The first-order valence-corrected chi connectivity index (χ1v) is 12.6. The molecule has 1 aliphatic rings. The first-order chi connectivity index (χ1) is 15.6. The number of aromatic nitrogens is 2. The second-order valence-corrected chi connectivity index (χ2v) is 10.5. The van der Waals surface area contributed by atoms with Crippen LogP contribution in [0.1, 0.15) is 15.9 Å². The van der Waals surface area contributed by atoms with Crippen LogP contribution in [0, 0.1) is 17.7 Å². The van der Waals surface area contributed by atoms with Crippen LogP contribution in [0.5, 0.6) is 0 Å². The lowest BCUT2D eigenvalue weighted by molar-refractivity contribution is -0.0470. The maximum Gasteiger partial charge on any atom is 0.490 e. The van der Waals surface area contributed by atoms with Crippen molar-refractivity contribution in [1.82, 2.24) is 9.55 Å². The summed E-state index contributed by atoms with van der Waals surface area (Å²) < 4.78 is 80.5. The number of nitrogen functional groups attached to an aromatic ring is 1. The van der Waals surface area contributed by atoms with Gasteiger partial charge in [-0.25, -0.2) is 22.9 Å². The van der Waals surface area contributed by atoms with Crippen LogP contribution in [0.2, 0.25) is 0 Å². The minimum Gasteiger partial charge on any atom is -0.387 e. The fourth-order valence-corrected chi connectivity index (χ4v) is 5.38. The third-order valence-corrected chi connectivity index (χ3v) is 7.35. The van der Waals surface area contributed by atoms with Crippen molar-refractivity contribution >= 4 is 29.3 Å². The van der Waals surface area contributed by atoms with E-state index in [4.69, 9.17) is 28.7 Å². The van der Waals surface area contributed by atoms with Crippen molar-refractivity contribution in [3.8, 4) is 11.8 Å². The Labute approximate surface area is 186 Å². The molecule has 3 unspecified atom stereocenters. The van der Waals surface area contributed by atoms with E-state index in [2.05, 4.69) is 30.0 Å². The summed E-state index contributed by atoms with van der Waals surface area (Å²) in [5.74, 6) is 2.47. The topological polar surface area (TPSA) is 276 Å². The molecule has 1 aromatic rings. The Hall–Kier alpha value is -1.54. The largest absolute Gasteiger partial charge is 0.490 e. The lowest BCUT2D eigenvalue weighted by atomic mass is 9.91. The third-order valence-electron chi connectivity index (χ3n) is 3.69. The molecule has 2 rings (SSSR count). The molecule has 6 atom stereocenters. The van der Waals surface area contributed by atoms with Gasteiger partial charge in [0.2, 0.25) is 0 Å². The Balaban J connectivity index is 2.44. The number of phosphoric ester groups is 1. The predicted molar refractivity (Wildman–Crippen MR) is 103 cm³/mol. The Morgan fingerprint density at radius 2 is 1.94 bits per heavy atom. The standard InChI is InChI=1S/C12H18FN4O13P3/c1-2-3-12(15)8(18)7(28-10(12)17-4-6(13)9(14)16-11(17)19)5-27-32(23,24)30-33(25,26)29-31(20,21)22/h4,7-8,10,18H,5,15H2,1H3,(H,23,24)(H,25,26)(H2,14,16,19)(H2,20,21,22)/t7-,8+,10-,12?/m1/s1/i5D2. The monoisotopic (exact) mass is 540 g/mol. The summed E-state index contributed by atoms with van der Waals surface area (Å²) >= 11 is 0. The highest BCUT2D eigenvalue weighted by Gasteiger charge is 2.55. The number of nitrogens with zero attached hydrogens (tertiary/aromatic N) is 2. The summed E-state index contributed by atoms with van der Waals surface area (Å²) in [6, 6.07) is 0. The van der Waals surface area contributed by atoms with E-state index >= 15 is 0 Å². The molecule has 0 bridgehead atoms. The Morgan fingerprint density at radius 1 is 1.33 bits per heavy atom. The maximum absolute atomic E-state index is 13.9. The van der Waals surface area contributed by atoms with E-state index in [0.29, 0.717) is 10.8 Å². The van der Waals surface area contributed by atoms with Gasteiger partial charge in [0.15, 0.2) is 23.4 Å². The highest BCUT2D eigenvalue weighted by Crippen LogP contribution is 2.66. The zero-order chi connectivity index (χ0) is 27.2. The fraction of sp³-hybridized carbons (Fsp3) is 0.500. The second kappa shape index (κ2) is 9.61. The first kappa shape index (κ1) is 24.6. The summed E-state index contributed by atoms with van der Waals surface area (Å²) in [6.45, 7) is -2.44. The lowest BCUT2D eigenvalue weighted by Gasteiger charge is -2.27. The summed E-state index contributed by atoms with van der Waals surface area (Å²) in [4.78, 5) is 51.3. The van der Waals surface area contributed by atoms with Gasteiger partial charge in [0.1, 0.15) is 12.2 Å². The summed E-state index contributed by atoms with van der Waals surface area (Å²) in [7, 11) is -17.8. The molecule has 1 fully saturated rings. The predicted octanol–water partition coefficient (Wildman–Crippen LogP) is -1.71. The SMILES string of the molecule is [2H]C([2H])(OP(=O)(O)OP(=O)(O)OP(=O)(O)O)[C@H]1O[C@@H](n2cc(F)c(N)nc2=O)C(N)(C#CC)[C@H]1O. The number of nitrogens with two attached hydrogens (primary N) is 2. The molecule has 33 heavy (non-hydrogen) atoms. The van der Waals surface area contributed by atoms with E-state index < -0.39 is 71.3 Å². The van der Waals surface area contributed by atoms with Crippen LogP contribution in [0.3, 0.4) is 0 Å². The summed E-state index contributed by atoms with van der Waals surface area (Å²) in [5.41, 5.74) is 7.52. The van der Waals surface area contributed by atoms with Crippen molar-refractivity contribution in [3.05, 3.63) is 22.5 Å². The van der Waals surface area contributed by atoms with Crippen LogP contribution in [-0.2, 0) is 31.6 Å². The third kappa shape index (κ3) is 6.75. The van der Waals surface area contributed by atoms with Crippen molar-refractivity contribution in [2.75, 3.05) is 12.3 Å². The van der Waals surface area contributed by atoms with Crippen LogP contribution in [0.15, 0.2) is 11.0 Å². The average Bonchev–Trinajstić information content (AvgIpc) is 2.86. The molecule has 0 aliphatic carbocycles. The number of rotatable bonds is 8. The quantitative estimate of drug-likeness (QED) is 0.143. The zero-order valence-electron chi connectivity index (χ0n) is 18.1. The van der Waals surface area contributed by atoms with Crippen LogP contribution >= 0.6 is 23.5 Å². The van der Waals surface area contributed by atoms with Gasteiger partial charge in [-0.2, -0.15) is 13.6 Å².